The summed E-state index contributed by atoms with van der Waals surface area (Å²) in [6.07, 6.45) is 2.56. The van der Waals surface area contributed by atoms with Crippen molar-refractivity contribution in [1.82, 2.24) is 4.90 Å². The van der Waals surface area contributed by atoms with Crippen LogP contribution in [0.4, 0.5) is 0 Å². The third-order valence-electron chi connectivity index (χ3n) is 2.25. The number of amides is 2. The highest BCUT2D eigenvalue weighted by atomic mass is 16.4. The minimum atomic E-state index is -0.816. The first-order chi connectivity index (χ1) is 7.11. The van der Waals surface area contributed by atoms with Crippen LogP contribution in [0, 0.1) is 6.54 Å². The van der Waals surface area contributed by atoms with Crippen molar-refractivity contribution in [2.45, 2.75) is 38.5 Å². The van der Waals surface area contributed by atoms with Gasteiger partial charge in [-0.15, -0.1) is 0 Å². The second kappa shape index (κ2) is 5.48. The van der Waals surface area contributed by atoms with Crippen LogP contribution in [-0.4, -0.2) is 27.8 Å². The summed E-state index contributed by atoms with van der Waals surface area (Å²) < 4.78 is 0. The van der Waals surface area contributed by atoms with Gasteiger partial charge in [0.15, 0.2) is 0 Å². The highest BCUT2D eigenvalue weighted by molar-refractivity contribution is 6.02. The van der Waals surface area contributed by atoms with Gasteiger partial charge in [-0.05, 0) is 12.8 Å². The summed E-state index contributed by atoms with van der Waals surface area (Å²) in [5, 5.41) is 8.38. The summed E-state index contributed by atoms with van der Waals surface area (Å²) in [7, 11) is 0. The van der Waals surface area contributed by atoms with E-state index in [1.807, 2.05) is 0 Å². The van der Waals surface area contributed by atoms with Gasteiger partial charge in [-0.3, -0.25) is 19.3 Å². The Bertz CT molecular complexity index is 259. The molecule has 1 fully saturated rings. The van der Waals surface area contributed by atoms with E-state index in [9.17, 15) is 14.4 Å². The topological polar surface area (TPSA) is 74.7 Å². The molecule has 15 heavy (non-hydrogen) atoms. The molecule has 1 rings (SSSR count). The largest absolute Gasteiger partial charge is 0.481 e. The van der Waals surface area contributed by atoms with Crippen LogP contribution in [0.25, 0.3) is 0 Å². The quantitative estimate of drug-likeness (QED) is 0.525. The molecule has 0 unspecified atom stereocenters. The molecular formula is C10H14NO4. The standard InChI is InChI=1S/C10H14NO4/c12-8-5-6-9(13)11(8)7-3-1-2-4-10(14)15/h7H,1-6H2,(H,14,15). The lowest BCUT2D eigenvalue weighted by Crippen LogP contribution is -2.26. The molecule has 5 heteroatoms. The van der Waals surface area contributed by atoms with Crippen molar-refractivity contribution >= 4 is 17.8 Å². The maximum Gasteiger partial charge on any atom is 0.303 e. The molecule has 0 aromatic rings. The lowest BCUT2D eigenvalue weighted by Gasteiger charge is -2.11. The Morgan fingerprint density at radius 3 is 2.40 bits per heavy atom. The first-order valence-electron chi connectivity index (χ1n) is 5.01. The Balaban J connectivity index is 2.12. The van der Waals surface area contributed by atoms with Crippen molar-refractivity contribution < 1.29 is 19.5 Å². The highest BCUT2D eigenvalue weighted by Crippen LogP contribution is 2.15. The van der Waals surface area contributed by atoms with Gasteiger partial charge in [-0.1, -0.05) is 6.42 Å². The van der Waals surface area contributed by atoms with Crippen LogP contribution < -0.4 is 0 Å². The Kier molecular flexibility index (Phi) is 4.27. The zero-order chi connectivity index (χ0) is 11.3. The van der Waals surface area contributed by atoms with E-state index in [2.05, 4.69) is 0 Å². The molecule has 0 saturated carbocycles. The number of carbonyl (C=O) groups is 3. The molecule has 1 saturated heterocycles. The molecule has 1 aliphatic rings. The number of likely N-dealkylation sites (tertiary alicyclic amines) is 1. The zero-order valence-electron chi connectivity index (χ0n) is 8.44. The zero-order valence-corrected chi connectivity index (χ0v) is 8.44. The first kappa shape index (κ1) is 11.7. The predicted molar refractivity (Wildman–Crippen MR) is 51.5 cm³/mol. The fourth-order valence-electron chi connectivity index (χ4n) is 1.44. The number of carbonyl (C=O) groups excluding carboxylic acids is 2. The van der Waals surface area contributed by atoms with Crippen molar-refractivity contribution in [2.75, 3.05) is 0 Å². The van der Waals surface area contributed by atoms with Gasteiger partial charge in [0, 0.05) is 19.3 Å². The van der Waals surface area contributed by atoms with Crippen molar-refractivity contribution in [3.05, 3.63) is 6.54 Å². The average molecular weight is 212 g/mol. The second-order valence-corrected chi connectivity index (χ2v) is 3.48. The number of nitrogens with zero attached hydrogens (tertiary/aromatic N) is 1. The van der Waals surface area contributed by atoms with Crippen molar-refractivity contribution in [3.63, 3.8) is 0 Å². The smallest absolute Gasteiger partial charge is 0.303 e. The van der Waals surface area contributed by atoms with Crippen LogP contribution in [0.3, 0.4) is 0 Å². The summed E-state index contributed by atoms with van der Waals surface area (Å²) >= 11 is 0. The molecule has 2 amide bonds. The van der Waals surface area contributed by atoms with Crippen LogP contribution in [0.5, 0.6) is 0 Å². The average Bonchev–Trinajstić information content (AvgIpc) is 2.47. The van der Waals surface area contributed by atoms with E-state index in [1.165, 1.54) is 0 Å². The van der Waals surface area contributed by atoms with Crippen LogP contribution >= 0.6 is 0 Å². The molecule has 0 spiro atoms. The van der Waals surface area contributed by atoms with Gasteiger partial charge in [-0.2, -0.15) is 0 Å². The van der Waals surface area contributed by atoms with E-state index in [0.717, 1.165) is 4.90 Å². The number of imide groups is 1. The van der Waals surface area contributed by atoms with Gasteiger partial charge in [0.2, 0.25) is 11.8 Å². The van der Waals surface area contributed by atoms with Gasteiger partial charge in [-0.25, -0.2) is 0 Å². The summed E-state index contributed by atoms with van der Waals surface area (Å²) in [5.74, 6) is -1.13. The van der Waals surface area contributed by atoms with E-state index >= 15 is 0 Å². The maximum atomic E-state index is 11.1. The van der Waals surface area contributed by atoms with Gasteiger partial charge < -0.3 is 5.11 Å². The Morgan fingerprint density at radius 2 is 1.87 bits per heavy atom. The highest BCUT2D eigenvalue weighted by Gasteiger charge is 2.28. The van der Waals surface area contributed by atoms with Gasteiger partial charge in [0.05, 0.1) is 6.54 Å². The molecule has 83 valence electrons. The Hall–Kier alpha value is -1.39. The van der Waals surface area contributed by atoms with Crippen LogP contribution in [-0.2, 0) is 14.4 Å². The van der Waals surface area contributed by atoms with Gasteiger partial charge in [0.1, 0.15) is 0 Å². The minimum absolute atomic E-state index is 0.135. The number of hydrogen-bond donors (Lipinski definition) is 1. The lowest BCUT2D eigenvalue weighted by atomic mass is 10.2. The van der Waals surface area contributed by atoms with Crippen molar-refractivity contribution in [1.29, 1.82) is 0 Å². The second-order valence-electron chi connectivity index (χ2n) is 3.48. The summed E-state index contributed by atoms with van der Waals surface area (Å²) in [5.41, 5.74) is 0. The van der Waals surface area contributed by atoms with Crippen molar-refractivity contribution in [2.24, 2.45) is 0 Å². The molecule has 0 aliphatic carbocycles. The predicted octanol–water partition coefficient (Wildman–Crippen LogP) is 0.942. The van der Waals surface area contributed by atoms with Crippen LogP contribution in [0.1, 0.15) is 38.5 Å². The molecule has 0 aromatic heterocycles. The molecule has 0 atom stereocenters. The number of hydrogen-bond acceptors (Lipinski definition) is 3. The van der Waals surface area contributed by atoms with E-state index in [-0.39, 0.29) is 18.2 Å². The fourth-order valence-corrected chi connectivity index (χ4v) is 1.44. The van der Waals surface area contributed by atoms with Crippen LogP contribution in [0.15, 0.2) is 0 Å². The molecule has 1 radical (unpaired) electrons. The SMILES string of the molecule is O=C(O)CCCC[CH]N1C(=O)CCC1=O. The number of rotatable bonds is 6. The third-order valence-corrected chi connectivity index (χ3v) is 2.25. The summed E-state index contributed by atoms with van der Waals surface area (Å²) in [6, 6.07) is 0. The minimum Gasteiger partial charge on any atom is -0.481 e. The Labute approximate surface area is 88.1 Å². The molecule has 1 N–H and O–H groups in total. The van der Waals surface area contributed by atoms with Crippen molar-refractivity contribution in [3.8, 4) is 0 Å². The molecule has 0 bridgehead atoms. The molecule has 0 aromatic carbocycles. The molecule has 1 aliphatic heterocycles. The lowest BCUT2D eigenvalue weighted by molar-refractivity contribution is -0.138. The third kappa shape index (κ3) is 3.69. The summed E-state index contributed by atoms with van der Waals surface area (Å²) in [6.45, 7) is 1.57. The monoisotopic (exact) mass is 212 g/mol. The van der Waals surface area contributed by atoms with E-state index in [1.54, 1.807) is 6.54 Å². The number of aliphatic carboxylic acids is 1. The molecular weight excluding hydrogens is 198 g/mol. The first-order valence-corrected chi connectivity index (χ1v) is 5.01. The maximum absolute atomic E-state index is 11.1. The Morgan fingerprint density at radius 1 is 1.27 bits per heavy atom. The number of carboxylic acid groups (broad SMARTS) is 1. The van der Waals surface area contributed by atoms with E-state index < -0.39 is 5.97 Å². The summed E-state index contributed by atoms with van der Waals surface area (Å²) in [4.78, 5) is 33.6. The normalized spacial score (nSPS) is 16.1. The van der Waals surface area contributed by atoms with Gasteiger partial charge >= 0.3 is 5.97 Å². The van der Waals surface area contributed by atoms with Gasteiger partial charge in [0.25, 0.3) is 0 Å². The van der Waals surface area contributed by atoms with Crippen LogP contribution in [0.2, 0.25) is 0 Å². The van der Waals surface area contributed by atoms with E-state index in [0.29, 0.717) is 32.1 Å². The molecule has 5 nitrogen and oxygen atoms in total. The molecule has 1 heterocycles. The fraction of sp³-hybridized carbons (Fsp3) is 0.600. The number of carboxylic acids is 1. The number of unbranched alkanes of at least 4 members (excludes halogenated alkanes) is 2. The van der Waals surface area contributed by atoms with E-state index in [4.69, 9.17) is 5.11 Å².